The Kier molecular flexibility index (Phi) is 2.70. The maximum atomic E-state index is 11.9. The van der Waals surface area contributed by atoms with Gasteiger partial charge >= 0.3 is 0 Å². The minimum absolute atomic E-state index is 0.217. The summed E-state index contributed by atoms with van der Waals surface area (Å²) in [5.41, 5.74) is 1.73. The fourth-order valence-corrected chi connectivity index (χ4v) is 2.45. The van der Waals surface area contributed by atoms with Gasteiger partial charge in [0.25, 0.3) is 11.8 Å². The molecule has 0 aliphatic carbocycles. The van der Waals surface area contributed by atoms with Crippen LogP contribution in [0.4, 0.5) is 0 Å². The SMILES string of the molecule is O=C1c2ccccc2C(=O)N1OCc1ccsc1. The van der Waals surface area contributed by atoms with Crippen molar-refractivity contribution >= 4 is 23.2 Å². The molecule has 0 unspecified atom stereocenters. The highest BCUT2D eigenvalue weighted by molar-refractivity contribution is 7.07. The minimum atomic E-state index is -0.397. The highest BCUT2D eigenvalue weighted by Crippen LogP contribution is 2.23. The predicted molar refractivity (Wildman–Crippen MR) is 66.1 cm³/mol. The van der Waals surface area contributed by atoms with Crippen LogP contribution in [0.1, 0.15) is 26.3 Å². The van der Waals surface area contributed by atoms with E-state index in [4.69, 9.17) is 4.84 Å². The summed E-state index contributed by atoms with van der Waals surface area (Å²) in [5.74, 6) is -0.795. The molecule has 0 saturated carbocycles. The van der Waals surface area contributed by atoms with Crippen molar-refractivity contribution in [1.82, 2.24) is 5.06 Å². The summed E-state index contributed by atoms with van der Waals surface area (Å²) in [7, 11) is 0. The summed E-state index contributed by atoms with van der Waals surface area (Å²) < 4.78 is 0. The van der Waals surface area contributed by atoms with Crippen molar-refractivity contribution in [2.24, 2.45) is 0 Å². The number of hydrogen-bond acceptors (Lipinski definition) is 4. The van der Waals surface area contributed by atoms with Gasteiger partial charge in [0.05, 0.1) is 11.1 Å². The number of fused-ring (bicyclic) bond motifs is 1. The van der Waals surface area contributed by atoms with Crippen molar-refractivity contribution < 1.29 is 14.4 Å². The number of amides is 2. The molecular formula is C13H9NO3S. The van der Waals surface area contributed by atoms with Gasteiger partial charge in [-0.3, -0.25) is 14.4 Å². The van der Waals surface area contributed by atoms with Crippen molar-refractivity contribution in [3.63, 3.8) is 0 Å². The lowest BCUT2D eigenvalue weighted by atomic mass is 10.1. The van der Waals surface area contributed by atoms with Gasteiger partial charge in [-0.1, -0.05) is 12.1 Å². The second-order valence-corrected chi connectivity index (χ2v) is 4.64. The number of rotatable bonds is 3. The van der Waals surface area contributed by atoms with Crippen LogP contribution in [0.5, 0.6) is 0 Å². The van der Waals surface area contributed by atoms with E-state index < -0.39 is 11.8 Å². The second kappa shape index (κ2) is 4.36. The normalized spacial score (nSPS) is 14.1. The maximum Gasteiger partial charge on any atom is 0.285 e. The number of hydrogen-bond donors (Lipinski definition) is 0. The van der Waals surface area contributed by atoms with E-state index in [0.717, 1.165) is 10.6 Å². The Hall–Kier alpha value is -1.98. The number of hydroxylamine groups is 2. The van der Waals surface area contributed by atoms with E-state index in [1.807, 2.05) is 16.8 Å². The van der Waals surface area contributed by atoms with Crippen molar-refractivity contribution in [3.8, 4) is 0 Å². The lowest BCUT2D eigenvalue weighted by Crippen LogP contribution is -2.29. The molecular weight excluding hydrogens is 250 g/mol. The highest BCUT2D eigenvalue weighted by atomic mass is 32.1. The highest BCUT2D eigenvalue weighted by Gasteiger charge is 2.36. The number of imide groups is 1. The molecule has 0 fully saturated rings. The van der Waals surface area contributed by atoms with Gasteiger partial charge in [-0.2, -0.15) is 11.3 Å². The number of carbonyl (C=O) groups excluding carboxylic acids is 2. The van der Waals surface area contributed by atoms with E-state index in [1.54, 1.807) is 35.6 Å². The molecule has 90 valence electrons. The molecule has 2 aromatic rings. The van der Waals surface area contributed by atoms with Crippen molar-refractivity contribution in [1.29, 1.82) is 0 Å². The zero-order valence-corrected chi connectivity index (χ0v) is 10.1. The largest absolute Gasteiger partial charge is 0.285 e. The van der Waals surface area contributed by atoms with Gasteiger partial charge in [-0.05, 0) is 34.5 Å². The fraction of sp³-hybridized carbons (Fsp3) is 0.0769. The van der Waals surface area contributed by atoms with Crippen LogP contribution in [0, 0.1) is 0 Å². The maximum absolute atomic E-state index is 11.9. The minimum Gasteiger partial charge on any atom is -0.266 e. The summed E-state index contributed by atoms with van der Waals surface area (Å²) in [5, 5.41) is 4.67. The topological polar surface area (TPSA) is 46.6 Å². The molecule has 0 bridgehead atoms. The van der Waals surface area contributed by atoms with Gasteiger partial charge in [-0.25, -0.2) is 0 Å². The van der Waals surface area contributed by atoms with Crippen LogP contribution in [-0.4, -0.2) is 16.9 Å². The number of thiophene rings is 1. The first-order valence-electron chi connectivity index (χ1n) is 5.39. The van der Waals surface area contributed by atoms with Crippen molar-refractivity contribution in [2.75, 3.05) is 0 Å². The average molecular weight is 259 g/mol. The van der Waals surface area contributed by atoms with E-state index in [2.05, 4.69) is 0 Å². The summed E-state index contributed by atoms with van der Waals surface area (Å²) >= 11 is 1.54. The zero-order chi connectivity index (χ0) is 12.5. The summed E-state index contributed by atoms with van der Waals surface area (Å²) in [6.07, 6.45) is 0. The monoisotopic (exact) mass is 259 g/mol. The Bertz CT molecular complexity index is 571. The molecule has 0 saturated heterocycles. The Morgan fingerprint density at radius 1 is 1.06 bits per heavy atom. The smallest absolute Gasteiger partial charge is 0.266 e. The molecule has 1 aromatic carbocycles. The van der Waals surface area contributed by atoms with Crippen LogP contribution < -0.4 is 0 Å². The first kappa shape index (κ1) is 11.1. The quantitative estimate of drug-likeness (QED) is 0.795. The third-order valence-corrected chi connectivity index (χ3v) is 3.43. The van der Waals surface area contributed by atoms with Gasteiger partial charge in [0.15, 0.2) is 0 Å². The molecule has 18 heavy (non-hydrogen) atoms. The third kappa shape index (κ3) is 1.73. The molecule has 2 amide bonds. The first-order chi connectivity index (χ1) is 8.77. The van der Waals surface area contributed by atoms with Gasteiger partial charge in [0, 0.05) is 0 Å². The molecule has 0 atom stereocenters. The molecule has 5 heteroatoms. The molecule has 1 aromatic heterocycles. The molecule has 4 nitrogen and oxygen atoms in total. The van der Waals surface area contributed by atoms with Gasteiger partial charge < -0.3 is 0 Å². The Balaban J connectivity index is 1.80. The van der Waals surface area contributed by atoms with Crippen LogP contribution in [0.25, 0.3) is 0 Å². The van der Waals surface area contributed by atoms with E-state index in [-0.39, 0.29) is 6.61 Å². The van der Waals surface area contributed by atoms with E-state index >= 15 is 0 Å². The van der Waals surface area contributed by atoms with Crippen LogP contribution in [0.15, 0.2) is 41.1 Å². The first-order valence-corrected chi connectivity index (χ1v) is 6.33. The third-order valence-electron chi connectivity index (χ3n) is 2.70. The van der Waals surface area contributed by atoms with Crippen LogP contribution >= 0.6 is 11.3 Å². The van der Waals surface area contributed by atoms with Gasteiger partial charge in [0.1, 0.15) is 6.61 Å². The molecule has 0 radical (unpaired) electrons. The van der Waals surface area contributed by atoms with E-state index in [0.29, 0.717) is 11.1 Å². The summed E-state index contributed by atoms with van der Waals surface area (Å²) in [6, 6.07) is 8.61. The molecule has 1 aliphatic rings. The Morgan fingerprint density at radius 3 is 2.28 bits per heavy atom. The van der Waals surface area contributed by atoms with Crippen molar-refractivity contribution in [2.45, 2.75) is 6.61 Å². The van der Waals surface area contributed by atoms with E-state index in [1.165, 1.54) is 0 Å². The average Bonchev–Trinajstić information content (AvgIpc) is 2.98. The predicted octanol–water partition coefficient (Wildman–Crippen LogP) is 2.48. The summed E-state index contributed by atoms with van der Waals surface area (Å²) in [4.78, 5) is 29.2. The van der Waals surface area contributed by atoms with Crippen LogP contribution in [0.2, 0.25) is 0 Å². The molecule has 2 heterocycles. The van der Waals surface area contributed by atoms with E-state index in [9.17, 15) is 9.59 Å². The summed E-state index contributed by atoms with van der Waals surface area (Å²) in [6.45, 7) is 0.217. The lowest BCUT2D eigenvalue weighted by Gasteiger charge is -2.12. The van der Waals surface area contributed by atoms with Crippen LogP contribution in [0.3, 0.4) is 0 Å². The van der Waals surface area contributed by atoms with Gasteiger partial charge in [-0.15, -0.1) is 5.06 Å². The second-order valence-electron chi connectivity index (χ2n) is 3.86. The van der Waals surface area contributed by atoms with Gasteiger partial charge in [0.2, 0.25) is 0 Å². The standard InChI is InChI=1S/C13H9NO3S/c15-12-10-3-1-2-4-11(10)13(16)14(12)17-7-9-5-6-18-8-9/h1-6,8H,7H2. The number of nitrogens with zero attached hydrogens (tertiary/aromatic N) is 1. The molecule has 3 rings (SSSR count). The number of carbonyl (C=O) groups is 2. The Morgan fingerprint density at radius 2 is 1.72 bits per heavy atom. The Labute approximate surface area is 107 Å². The van der Waals surface area contributed by atoms with Crippen molar-refractivity contribution in [3.05, 3.63) is 57.8 Å². The fourth-order valence-electron chi connectivity index (χ4n) is 1.80. The molecule has 1 aliphatic heterocycles. The zero-order valence-electron chi connectivity index (χ0n) is 9.33. The molecule has 0 spiro atoms. The molecule has 0 N–H and O–H groups in total. The van der Waals surface area contributed by atoms with Crippen LogP contribution in [-0.2, 0) is 11.4 Å². The number of benzene rings is 1. The lowest BCUT2D eigenvalue weighted by molar-refractivity contribution is -0.100.